The molecule has 0 radical (unpaired) electrons. The summed E-state index contributed by atoms with van der Waals surface area (Å²) in [5, 5.41) is 3.79. The van der Waals surface area contributed by atoms with Crippen molar-refractivity contribution in [1.82, 2.24) is 5.32 Å². The molecule has 0 aromatic heterocycles. The molecular formula is C25H16Cl4N2O4. The van der Waals surface area contributed by atoms with Gasteiger partial charge in [-0.2, -0.15) is 0 Å². The molecule has 0 saturated carbocycles. The molecule has 1 aliphatic heterocycles. The molecule has 4 rings (SSSR count). The summed E-state index contributed by atoms with van der Waals surface area (Å²) in [6, 6.07) is 13.7. The molecule has 1 aliphatic rings. The molecule has 3 aromatic rings. The second-order valence-electron chi connectivity index (χ2n) is 7.61. The van der Waals surface area contributed by atoms with E-state index in [9.17, 15) is 14.4 Å². The maximum atomic E-state index is 13.1. The number of nitrogens with zero attached hydrogens (tertiary/aromatic N) is 1. The topological polar surface area (TPSA) is 75.7 Å². The Morgan fingerprint density at radius 2 is 1.66 bits per heavy atom. The van der Waals surface area contributed by atoms with Crippen molar-refractivity contribution in [1.29, 1.82) is 0 Å². The van der Waals surface area contributed by atoms with Crippen LogP contribution in [-0.2, 0) is 16.2 Å². The van der Waals surface area contributed by atoms with Crippen LogP contribution >= 0.6 is 46.4 Å². The average Bonchev–Trinajstić information content (AvgIpc) is 2.79. The van der Waals surface area contributed by atoms with E-state index in [1.54, 1.807) is 49.4 Å². The molecule has 0 atom stereocenters. The van der Waals surface area contributed by atoms with Gasteiger partial charge >= 0.3 is 6.03 Å². The lowest BCUT2D eigenvalue weighted by atomic mass is 10.1. The molecule has 1 heterocycles. The summed E-state index contributed by atoms with van der Waals surface area (Å²) in [6.07, 6.45) is 1.35. The minimum Gasteiger partial charge on any atom is -0.487 e. The summed E-state index contributed by atoms with van der Waals surface area (Å²) in [4.78, 5) is 38.7. The van der Waals surface area contributed by atoms with Crippen molar-refractivity contribution in [2.45, 2.75) is 13.5 Å². The first-order valence-corrected chi connectivity index (χ1v) is 11.7. The molecule has 6 nitrogen and oxygen atoms in total. The molecule has 3 aromatic carbocycles. The number of rotatable bonds is 5. The predicted octanol–water partition coefficient (Wildman–Crippen LogP) is 6.85. The Morgan fingerprint density at radius 3 is 2.34 bits per heavy atom. The van der Waals surface area contributed by atoms with E-state index in [4.69, 9.17) is 51.1 Å². The van der Waals surface area contributed by atoms with Gasteiger partial charge in [-0.05, 0) is 60.5 Å². The monoisotopic (exact) mass is 548 g/mol. The average molecular weight is 550 g/mol. The second kappa shape index (κ2) is 10.3. The van der Waals surface area contributed by atoms with Crippen LogP contribution in [0.5, 0.6) is 5.75 Å². The number of amides is 4. The van der Waals surface area contributed by atoms with Gasteiger partial charge in [-0.3, -0.25) is 14.9 Å². The standard InChI is InChI=1S/C25H16Cl4N2O4/c1-13-2-6-17(11-19(13)27)31-24(33)18(23(32)30-25(31)34)8-14-3-7-22(21(29)9-14)35-12-15-4-5-16(26)10-20(15)28/h2-11H,12H2,1H3,(H,30,32,34)/b18-8+. The molecule has 178 valence electrons. The number of anilines is 1. The van der Waals surface area contributed by atoms with E-state index in [1.807, 2.05) is 0 Å². The van der Waals surface area contributed by atoms with Gasteiger partial charge in [0.2, 0.25) is 0 Å². The first-order valence-electron chi connectivity index (χ1n) is 10.2. The Hall–Kier alpha value is -3.03. The molecule has 0 spiro atoms. The fourth-order valence-corrected chi connectivity index (χ4v) is 4.18. The van der Waals surface area contributed by atoms with Crippen molar-refractivity contribution in [2.75, 3.05) is 4.90 Å². The Kier molecular flexibility index (Phi) is 7.38. The number of imide groups is 2. The van der Waals surface area contributed by atoms with Crippen molar-refractivity contribution in [3.8, 4) is 5.75 Å². The molecule has 0 bridgehead atoms. The maximum Gasteiger partial charge on any atom is 0.335 e. The third-order valence-electron chi connectivity index (χ3n) is 5.18. The Balaban J connectivity index is 1.57. The number of hydrogen-bond acceptors (Lipinski definition) is 4. The van der Waals surface area contributed by atoms with Crippen LogP contribution < -0.4 is 15.0 Å². The van der Waals surface area contributed by atoms with Crippen LogP contribution in [0.3, 0.4) is 0 Å². The number of barbiturate groups is 1. The number of carbonyl (C=O) groups is 3. The smallest absolute Gasteiger partial charge is 0.335 e. The normalized spacial score (nSPS) is 14.9. The van der Waals surface area contributed by atoms with Crippen molar-refractivity contribution in [3.05, 3.63) is 97.0 Å². The maximum absolute atomic E-state index is 13.1. The zero-order valence-corrected chi connectivity index (χ0v) is 21.1. The minimum atomic E-state index is -0.861. The lowest BCUT2D eigenvalue weighted by molar-refractivity contribution is -0.122. The number of halogens is 4. The molecular weight excluding hydrogens is 534 g/mol. The van der Waals surface area contributed by atoms with Crippen LogP contribution in [0.25, 0.3) is 6.08 Å². The first kappa shape index (κ1) is 25.1. The fourth-order valence-electron chi connectivity index (χ4n) is 3.30. The van der Waals surface area contributed by atoms with Gasteiger partial charge < -0.3 is 4.74 Å². The highest BCUT2D eigenvalue weighted by atomic mass is 35.5. The third kappa shape index (κ3) is 5.46. The molecule has 0 unspecified atom stereocenters. The van der Waals surface area contributed by atoms with E-state index in [0.717, 1.165) is 16.0 Å². The highest BCUT2D eigenvalue weighted by molar-refractivity contribution is 6.40. The second-order valence-corrected chi connectivity index (χ2v) is 9.26. The molecule has 1 N–H and O–H groups in total. The summed E-state index contributed by atoms with van der Waals surface area (Å²) in [7, 11) is 0. The highest BCUT2D eigenvalue weighted by Gasteiger charge is 2.37. The van der Waals surface area contributed by atoms with Crippen LogP contribution in [0.1, 0.15) is 16.7 Å². The van der Waals surface area contributed by atoms with Gasteiger partial charge in [0.15, 0.2) is 0 Å². The molecule has 35 heavy (non-hydrogen) atoms. The van der Waals surface area contributed by atoms with Crippen molar-refractivity contribution in [3.63, 3.8) is 0 Å². The molecule has 10 heteroatoms. The van der Waals surface area contributed by atoms with E-state index in [0.29, 0.717) is 26.4 Å². The summed E-state index contributed by atoms with van der Waals surface area (Å²) in [5.74, 6) is -1.22. The van der Waals surface area contributed by atoms with Gasteiger partial charge in [-0.15, -0.1) is 0 Å². The van der Waals surface area contributed by atoms with Gasteiger partial charge in [0.05, 0.1) is 10.7 Å². The summed E-state index contributed by atoms with van der Waals surface area (Å²) >= 11 is 24.6. The first-order chi connectivity index (χ1) is 16.6. The van der Waals surface area contributed by atoms with Crippen LogP contribution in [0.2, 0.25) is 20.1 Å². The zero-order chi connectivity index (χ0) is 25.3. The summed E-state index contributed by atoms with van der Waals surface area (Å²) in [5.41, 5.74) is 1.97. The Morgan fingerprint density at radius 1 is 0.886 bits per heavy atom. The number of urea groups is 1. The molecule has 1 fully saturated rings. The number of aryl methyl sites for hydroxylation is 1. The lowest BCUT2D eigenvalue weighted by Crippen LogP contribution is -2.54. The van der Waals surface area contributed by atoms with Gasteiger partial charge in [0.1, 0.15) is 17.9 Å². The number of hydrogen-bond donors (Lipinski definition) is 1. The molecule has 4 amide bonds. The minimum absolute atomic E-state index is 0.160. The van der Waals surface area contributed by atoms with Gasteiger partial charge in [-0.25, -0.2) is 9.69 Å². The van der Waals surface area contributed by atoms with E-state index in [2.05, 4.69) is 5.32 Å². The summed E-state index contributed by atoms with van der Waals surface area (Å²) in [6.45, 7) is 1.95. The number of carbonyl (C=O) groups excluding carboxylic acids is 3. The SMILES string of the molecule is Cc1ccc(N2C(=O)NC(=O)/C(=C\c3ccc(OCc4ccc(Cl)cc4Cl)c(Cl)c3)C2=O)cc1Cl. The van der Waals surface area contributed by atoms with Crippen LogP contribution in [0, 0.1) is 6.92 Å². The lowest BCUT2D eigenvalue weighted by Gasteiger charge is -2.26. The van der Waals surface area contributed by atoms with Gasteiger partial charge in [0.25, 0.3) is 11.8 Å². The van der Waals surface area contributed by atoms with Gasteiger partial charge in [-0.1, -0.05) is 64.6 Å². The Bertz CT molecular complexity index is 1400. The third-order valence-corrected chi connectivity index (χ3v) is 6.47. The van der Waals surface area contributed by atoms with Crippen molar-refractivity contribution in [2.24, 2.45) is 0 Å². The quantitative estimate of drug-likeness (QED) is 0.279. The number of benzene rings is 3. The van der Waals surface area contributed by atoms with E-state index in [1.165, 1.54) is 18.2 Å². The zero-order valence-electron chi connectivity index (χ0n) is 18.1. The van der Waals surface area contributed by atoms with Crippen molar-refractivity contribution < 1.29 is 19.1 Å². The number of ether oxygens (including phenoxy) is 1. The predicted molar refractivity (Wildman–Crippen MR) is 137 cm³/mol. The van der Waals surface area contributed by atoms with Crippen molar-refractivity contribution >= 4 is 76.0 Å². The largest absolute Gasteiger partial charge is 0.487 e. The van der Waals surface area contributed by atoms with Gasteiger partial charge in [0, 0.05) is 20.6 Å². The van der Waals surface area contributed by atoms with Crippen LogP contribution in [-0.4, -0.2) is 17.8 Å². The summed E-state index contributed by atoms with van der Waals surface area (Å²) < 4.78 is 5.75. The van der Waals surface area contributed by atoms with Crippen LogP contribution in [0.15, 0.2) is 60.2 Å². The Labute approximate surface area is 221 Å². The molecule has 1 saturated heterocycles. The van der Waals surface area contributed by atoms with E-state index in [-0.39, 0.29) is 22.9 Å². The number of nitrogens with one attached hydrogen (secondary N) is 1. The van der Waals surface area contributed by atoms with E-state index >= 15 is 0 Å². The highest BCUT2D eigenvalue weighted by Crippen LogP contribution is 2.30. The fraction of sp³-hybridized carbons (Fsp3) is 0.0800. The molecule has 0 aliphatic carbocycles. The van der Waals surface area contributed by atoms with E-state index < -0.39 is 17.8 Å². The van der Waals surface area contributed by atoms with Crippen LogP contribution in [0.4, 0.5) is 10.5 Å².